The summed E-state index contributed by atoms with van der Waals surface area (Å²) in [6.45, 7) is 3.40. The van der Waals surface area contributed by atoms with E-state index in [4.69, 9.17) is 0 Å². The van der Waals surface area contributed by atoms with E-state index in [1.807, 2.05) is 31.2 Å². The van der Waals surface area contributed by atoms with Crippen LogP contribution in [0.3, 0.4) is 0 Å². The van der Waals surface area contributed by atoms with Gasteiger partial charge in [-0.2, -0.15) is 4.98 Å². The number of benzene rings is 1. The van der Waals surface area contributed by atoms with E-state index in [0.29, 0.717) is 48.6 Å². The number of H-pyrrole nitrogens is 1. The van der Waals surface area contributed by atoms with Crippen molar-refractivity contribution in [3.05, 3.63) is 52.4 Å². The van der Waals surface area contributed by atoms with Gasteiger partial charge in [0.1, 0.15) is 11.2 Å². The number of aryl methyl sites for hydroxylation is 1. The van der Waals surface area contributed by atoms with Crippen LogP contribution in [-0.4, -0.2) is 39.3 Å². The highest BCUT2D eigenvalue weighted by atomic mass is 16.3. The number of hydrogen-bond donors (Lipinski definition) is 3. The number of aliphatic hydroxyl groups excluding tert-OH is 1. The van der Waals surface area contributed by atoms with Gasteiger partial charge in [-0.15, -0.1) is 0 Å². The van der Waals surface area contributed by atoms with E-state index < -0.39 is 0 Å². The minimum absolute atomic E-state index is 0.224. The number of rotatable bonds is 3. The molecule has 26 heavy (non-hydrogen) atoms. The van der Waals surface area contributed by atoms with E-state index >= 15 is 0 Å². The van der Waals surface area contributed by atoms with Crippen LogP contribution in [0.2, 0.25) is 0 Å². The first-order chi connectivity index (χ1) is 12.6. The normalized spacial score (nSPS) is 15.4. The first-order valence-electron chi connectivity index (χ1n) is 8.76. The summed E-state index contributed by atoms with van der Waals surface area (Å²) in [5.74, 6) is 1.06. The molecule has 3 aromatic rings. The number of aromatic nitrogens is 3. The van der Waals surface area contributed by atoms with Crippen LogP contribution in [0.5, 0.6) is 0 Å². The van der Waals surface area contributed by atoms with Crippen LogP contribution in [0.1, 0.15) is 18.4 Å². The van der Waals surface area contributed by atoms with Crippen LogP contribution in [0.15, 0.2) is 41.3 Å². The Bertz CT molecular complexity index is 993. The summed E-state index contributed by atoms with van der Waals surface area (Å²) in [4.78, 5) is 26.3. The fourth-order valence-corrected chi connectivity index (χ4v) is 3.24. The van der Waals surface area contributed by atoms with Crippen LogP contribution in [-0.2, 0) is 0 Å². The maximum Gasteiger partial charge on any atom is 0.261 e. The van der Waals surface area contributed by atoms with Gasteiger partial charge in [-0.25, -0.2) is 4.98 Å². The summed E-state index contributed by atoms with van der Waals surface area (Å²) in [6, 6.07) is 9.69. The standard InChI is InChI=1S/C19H21N5O2/c1-12-3-2-4-13(11-12)21-17-16-15(5-8-20-18(16)26)22-19(23-17)24-9-6-14(25)7-10-24/h2-5,8,11,14,25H,6-7,9-10H2,1H3,(H,20,26)(H,21,22,23). The maximum atomic E-state index is 12.4. The Morgan fingerprint density at radius 3 is 2.81 bits per heavy atom. The monoisotopic (exact) mass is 351 g/mol. The van der Waals surface area contributed by atoms with Crippen LogP contribution in [0.4, 0.5) is 17.5 Å². The second-order valence-electron chi connectivity index (χ2n) is 6.65. The molecule has 134 valence electrons. The molecule has 0 amide bonds. The highest BCUT2D eigenvalue weighted by Crippen LogP contribution is 2.25. The zero-order chi connectivity index (χ0) is 18.1. The third kappa shape index (κ3) is 3.25. The van der Waals surface area contributed by atoms with Gasteiger partial charge in [0.25, 0.3) is 5.56 Å². The number of hydrogen-bond acceptors (Lipinski definition) is 6. The number of piperidine rings is 1. The molecule has 1 aliphatic heterocycles. The molecule has 4 rings (SSSR count). The summed E-state index contributed by atoms with van der Waals surface area (Å²) in [6.07, 6.45) is 2.71. The van der Waals surface area contributed by atoms with Crippen LogP contribution >= 0.6 is 0 Å². The van der Waals surface area contributed by atoms with Crippen molar-refractivity contribution in [2.75, 3.05) is 23.3 Å². The fourth-order valence-electron chi connectivity index (χ4n) is 3.24. The molecule has 0 bridgehead atoms. The van der Waals surface area contributed by atoms with E-state index in [0.717, 1.165) is 11.3 Å². The lowest BCUT2D eigenvalue weighted by molar-refractivity contribution is 0.145. The molecule has 0 saturated carbocycles. The van der Waals surface area contributed by atoms with Crippen molar-refractivity contribution in [2.45, 2.75) is 25.9 Å². The van der Waals surface area contributed by atoms with Crippen molar-refractivity contribution in [3.8, 4) is 0 Å². The Morgan fingerprint density at radius 1 is 1.23 bits per heavy atom. The molecule has 7 heteroatoms. The molecule has 1 aromatic carbocycles. The van der Waals surface area contributed by atoms with Crippen molar-refractivity contribution in [1.29, 1.82) is 0 Å². The smallest absolute Gasteiger partial charge is 0.261 e. The van der Waals surface area contributed by atoms with Crippen molar-refractivity contribution in [3.63, 3.8) is 0 Å². The predicted molar refractivity (Wildman–Crippen MR) is 102 cm³/mol. The molecule has 1 aliphatic rings. The number of aliphatic hydroxyl groups is 1. The summed E-state index contributed by atoms with van der Waals surface area (Å²) >= 11 is 0. The second kappa shape index (κ2) is 6.76. The molecule has 0 spiro atoms. The molecular weight excluding hydrogens is 330 g/mol. The molecule has 0 aliphatic carbocycles. The number of nitrogens with one attached hydrogen (secondary N) is 2. The Kier molecular flexibility index (Phi) is 4.30. The second-order valence-corrected chi connectivity index (χ2v) is 6.65. The molecule has 0 atom stereocenters. The van der Waals surface area contributed by atoms with E-state index in [9.17, 15) is 9.90 Å². The van der Waals surface area contributed by atoms with E-state index in [-0.39, 0.29) is 11.7 Å². The summed E-state index contributed by atoms with van der Waals surface area (Å²) in [7, 11) is 0. The van der Waals surface area contributed by atoms with Crippen molar-refractivity contribution in [2.24, 2.45) is 0 Å². The average molecular weight is 351 g/mol. The number of fused-ring (bicyclic) bond motifs is 1. The van der Waals surface area contributed by atoms with Crippen LogP contribution in [0.25, 0.3) is 10.9 Å². The molecule has 3 N–H and O–H groups in total. The first-order valence-corrected chi connectivity index (χ1v) is 8.76. The zero-order valence-corrected chi connectivity index (χ0v) is 14.6. The lowest BCUT2D eigenvalue weighted by Gasteiger charge is -2.30. The fraction of sp³-hybridized carbons (Fsp3) is 0.316. The Balaban J connectivity index is 1.79. The van der Waals surface area contributed by atoms with Gasteiger partial charge in [-0.3, -0.25) is 4.79 Å². The van der Waals surface area contributed by atoms with Gasteiger partial charge in [0.05, 0.1) is 11.6 Å². The Hall–Kier alpha value is -2.93. The summed E-state index contributed by atoms with van der Waals surface area (Å²) in [5, 5.41) is 13.4. The first kappa shape index (κ1) is 16.5. The van der Waals surface area contributed by atoms with Gasteiger partial charge in [0.2, 0.25) is 5.95 Å². The van der Waals surface area contributed by atoms with E-state index in [1.165, 1.54) is 0 Å². The minimum atomic E-state index is -0.264. The van der Waals surface area contributed by atoms with Crippen LogP contribution < -0.4 is 15.8 Å². The van der Waals surface area contributed by atoms with Gasteiger partial charge < -0.3 is 20.3 Å². The third-order valence-corrected chi connectivity index (χ3v) is 4.64. The number of anilines is 3. The number of pyridine rings is 1. The highest BCUT2D eigenvalue weighted by Gasteiger charge is 2.21. The Labute approximate surface area is 150 Å². The molecule has 1 fully saturated rings. The highest BCUT2D eigenvalue weighted by molar-refractivity contribution is 5.90. The molecular formula is C19H21N5O2. The quantitative estimate of drug-likeness (QED) is 0.670. The molecule has 3 heterocycles. The zero-order valence-electron chi connectivity index (χ0n) is 14.6. The van der Waals surface area contributed by atoms with Gasteiger partial charge in [0, 0.05) is 25.0 Å². The minimum Gasteiger partial charge on any atom is -0.393 e. The van der Waals surface area contributed by atoms with Gasteiger partial charge in [-0.1, -0.05) is 12.1 Å². The summed E-state index contributed by atoms with van der Waals surface area (Å²) < 4.78 is 0. The lowest BCUT2D eigenvalue weighted by atomic mass is 10.1. The van der Waals surface area contributed by atoms with Gasteiger partial charge >= 0.3 is 0 Å². The predicted octanol–water partition coefficient (Wildman–Crippen LogP) is 2.33. The average Bonchev–Trinajstić information content (AvgIpc) is 2.62. The van der Waals surface area contributed by atoms with Crippen molar-refractivity contribution >= 4 is 28.4 Å². The third-order valence-electron chi connectivity index (χ3n) is 4.64. The maximum absolute atomic E-state index is 12.4. The number of nitrogens with zero attached hydrogens (tertiary/aromatic N) is 3. The molecule has 0 unspecified atom stereocenters. The summed E-state index contributed by atoms with van der Waals surface area (Å²) in [5.41, 5.74) is 2.36. The van der Waals surface area contributed by atoms with E-state index in [1.54, 1.807) is 12.3 Å². The molecule has 2 aromatic heterocycles. The lowest BCUT2D eigenvalue weighted by Crippen LogP contribution is -2.37. The van der Waals surface area contributed by atoms with Gasteiger partial charge in [-0.05, 0) is 43.5 Å². The van der Waals surface area contributed by atoms with Crippen molar-refractivity contribution in [1.82, 2.24) is 15.0 Å². The molecule has 1 saturated heterocycles. The molecule has 0 radical (unpaired) electrons. The molecule has 7 nitrogen and oxygen atoms in total. The van der Waals surface area contributed by atoms with Gasteiger partial charge in [0.15, 0.2) is 0 Å². The van der Waals surface area contributed by atoms with E-state index in [2.05, 4.69) is 25.2 Å². The largest absolute Gasteiger partial charge is 0.393 e. The SMILES string of the molecule is Cc1cccc(Nc2nc(N3CCC(O)CC3)nc3cc[nH]c(=O)c23)c1. The topological polar surface area (TPSA) is 94.1 Å². The van der Waals surface area contributed by atoms with Crippen molar-refractivity contribution < 1.29 is 5.11 Å². The van der Waals surface area contributed by atoms with Crippen LogP contribution in [0, 0.1) is 6.92 Å². The number of aromatic amines is 1. The Morgan fingerprint density at radius 2 is 2.04 bits per heavy atom.